The van der Waals surface area contributed by atoms with Crippen LogP contribution in [0.4, 0.5) is 17.2 Å². The van der Waals surface area contributed by atoms with Crippen molar-refractivity contribution < 1.29 is 4.92 Å². The van der Waals surface area contributed by atoms with Crippen molar-refractivity contribution in [2.75, 3.05) is 10.6 Å². The second-order valence-electron chi connectivity index (χ2n) is 5.63. The maximum atomic E-state index is 11.6. The largest absolute Gasteiger partial charge is 0.375 e. The molecule has 0 spiro atoms. The summed E-state index contributed by atoms with van der Waals surface area (Å²) in [7, 11) is 0. The van der Waals surface area contributed by atoms with E-state index in [2.05, 4.69) is 31.5 Å². The molecule has 0 atom stereocenters. The highest BCUT2D eigenvalue weighted by atomic mass is 79.9. The summed E-state index contributed by atoms with van der Waals surface area (Å²) in [6.45, 7) is 0.930. The molecule has 2 N–H and O–H groups in total. The van der Waals surface area contributed by atoms with Gasteiger partial charge in [0.1, 0.15) is 10.3 Å². The van der Waals surface area contributed by atoms with Crippen LogP contribution < -0.4 is 10.6 Å². The van der Waals surface area contributed by atoms with Crippen LogP contribution in [0.1, 0.15) is 11.1 Å². The van der Waals surface area contributed by atoms with Gasteiger partial charge in [-0.25, -0.2) is 4.98 Å². The minimum absolute atomic E-state index is 0.0694. The van der Waals surface area contributed by atoms with Crippen molar-refractivity contribution in [2.24, 2.45) is 0 Å². The van der Waals surface area contributed by atoms with Gasteiger partial charge in [-0.2, -0.15) is 0 Å². The van der Waals surface area contributed by atoms with E-state index in [1.54, 1.807) is 6.07 Å². The summed E-state index contributed by atoms with van der Waals surface area (Å²) in [4.78, 5) is 15.5. The number of nitrogens with zero attached hydrogens (tertiary/aromatic N) is 2. The van der Waals surface area contributed by atoms with Gasteiger partial charge in [-0.05, 0) is 27.1 Å². The molecule has 2 aromatic carbocycles. The Morgan fingerprint density at radius 1 is 0.923 bits per heavy atom. The van der Waals surface area contributed by atoms with Crippen LogP contribution in [0.25, 0.3) is 0 Å². The van der Waals surface area contributed by atoms with E-state index in [9.17, 15) is 10.1 Å². The van der Waals surface area contributed by atoms with Gasteiger partial charge in [-0.1, -0.05) is 60.7 Å². The zero-order valence-electron chi connectivity index (χ0n) is 13.9. The Labute approximate surface area is 159 Å². The van der Waals surface area contributed by atoms with E-state index in [0.29, 0.717) is 23.4 Å². The molecule has 6 nitrogen and oxygen atoms in total. The van der Waals surface area contributed by atoms with Crippen LogP contribution in [0.15, 0.2) is 71.3 Å². The minimum Gasteiger partial charge on any atom is -0.375 e. The number of rotatable bonds is 7. The summed E-state index contributed by atoms with van der Waals surface area (Å²) >= 11 is 3.34. The average Bonchev–Trinajstić information content (AvgIpc) is 2.65. The molecule has 0 saturated heterocycles. The first-order chi connectivity index (χ1) is 12.6. The summed E-state index contributed by atoms with van der Waals surface area (Å²) in [5.41, 5.74) is 2.40. The number of pyridine rings is 1. The van der Waals surface area contributed by atoms with E-state index in [-0.39, 0.29) is 11.5 Å². The average molecular weight is 413 g/mol. The van der Waals surface area contributed by atoms with Crippen LogP contribution >= 0.6 is 15.9 Å². The van der Waals surface area contributed by atoms with Gasteiger partial charge in [-0.15, -0.1) is 0 Å². The monoisotopic (exact) mass is 412 g/mol. The van der Waals surface area contributed by atoms with Crippen molar-refractivity contribution in [3.05, 3.63) is 92.6 Å². The molecule has 1 aromatic heterocycles. The summed E-state index contributed by atoms with van der Waals surface area (Å²) < 4.78 is 0.522. The summed E-state index contributed by atoms with van der Waals surface area (Å²) in [6.07, 6.45) is 0. The van der Waals surface area contributed by atoms with Crippen molar-refractivity contribution in [1.29, 1.82) is 0 Å². The maximum Gasteiger partial charge on any atom is 0.334 e. The predicted molar refractivity (Wildman–Crippen MR) is 106 cm³/mol. The van der Waals surface area contributed by atoms with Crippen molar-refractivity contribution in [3.63, 3.8) is 0 Å². The SMILES string of the molecule is O=[N+]([O-])c1c(NCc2ccccc2)cc(Br)nc1NCc1ccccc1. The Morgan fingerprint density at radius 3 is 2.00 bits per heavy atom. The Hall–Kier alpha value is -2.93. The first kappa shape index (κ1) is 17.9. The van der Waals surface area contributed by atoms with Crippen LogP contribution in [-0.4, -0.2) is 9.91 Å². The van der Waals surface area contributed by atoms with Crippen LogP contribution in [0.5, 0.6) is 0 Å². The van der Waals surface area contributed by atoms with E-state index < -0.39 is 4.92 Å². The lowest BCUT2D eigenvalue weighted by molar-refractivity contribution is -0.383. The van der Waals surface area contributed by atoms with Gasteiger partial charge in [0.15, 0.2) is 0 Å². The lowest BCUT2D eigenvalue weighted by atomic mass is 10.2. The minimum atomic E-state index is -0.417. The molecule has 132 valence electrons. The molecule has 3 rings (SSSR count). The van der Waals surface area contributed by atoms with Gasteiger partial charge in [0, 0.05) is 19.2 Å². The van der Waals surface area contributed by atoms with Crippen molar-refractivity contribution in [3.8, 4) is 0 Å². The van der Waals surface area contributed by atoms with Gasteiger partial charge in [0.2, 0.25) is 5.82 Å². The number of anilines is 2. The molecule has 0 aliphatic heterocycles. The number of nitrogens with one attached hydrogen (secondary N) is 2. The maximum absolute atomic E-state index is 11.6. The Bertz CT molecular complexity index is 824. The van der Waals surface area contributed by atoms with Crippen molar-refractivity contribution in [1.82, 2.24) is 4.98 Å². The number of hydrogen-bond donors (Lipinski definition) is 2. The van der Waals surface area contributed by atoms with E-state index in [0.717, 1.165) is 11.1 Å². The standard InChI is InChI=1S/C19H17BrN4O2/c20-17-11-16(21-12-14-7-3-1-4-8-14)18(24(25)26)19(23-17)22-13-15-9-5-2-6-10-15/h1-11H,12-13H2,(H2,21,22,23). The molecule has 0 unspecified atom stereocenters. The highest BCUT2D eigenvalue weighted by Gasteiger charge is 2.22. The van der Waals surface area contributed by atoms with E-state index >= 15 is 0 Å². The van der Waals surface area contributed by atoms with Gasteiger partial charge in [-0.3, -0.25) is 10.1 Å². The molecular formula is C19H17BrN4O2. The first-order valence-corrected chi connectivity index (χ1v) is 8.83. The van der Waals surface area contributed by atoms with Crippen LogP contribution in [0.3, 0.4) is 0 Å². The fourth-order valence-electron chi connectivity index (χ4n) is 2.52. The van der Waals surface area contributed by atoms with Gasteiger partial charge in [0.05, 0.1) is 4.92 Å². The van der Waals surface area contributed by atoms with E-state index in [1.807, 2.05) is 60.7 Å². The molecule has 0 aliphatic carbocycles. The molecule has 0 bridgehead atoms. The number of nitro groups is 1. The Morgan fingerprint density at radius 2 is 1.46 bits per heavy atom. The lowest BCUT2D eigenvalue weighted by Gasteiger charge is -2.12. The molecule has 7 heteroatoms. The van der Waals surface area contributed by atoms with Crippen LogP contribution in [0.2, 0.25) is 0 Å². The first-order valence-electron chi connectivity index (χ1n) is 8.04. The van der Waals surface area contributed by atoms with Gasteiger partial charge >= 0.3 is 5.69 Å². The van der Waals surface area contributed by atoms with Gasteiger partial charge < -0.3 is 10.6 Å². The molecule has 0 amide bonds. The lowest BCUT2D eigenvalue weighted by Crippen LogP contribution is -2.09. The third kappa shape index (κ3) is 4.58. The third-order valence-electron chi connectivity index (χ3n) is 3.77. The second kappa shape index (κ2) is 8.44. The highest BCUT2D eigenvalue weighted by molar-refractivity contribution is 9.10. The number of halogens is 1. The fourth-order valence-corrected chi connectivity index (χ4v) is 2.93. The number of benzene rings is 2. The molecule has 0 radical (unpaired) electrons. The van der Waals surface area contributed by atoms with Crippen LogP contribution in [0, 0.1) is 10.1 Å². The van der Waals surface area contributed by atoms with E-state index in [1.165, 1.54) is 0 Å². The molecule has 1 heterocycles. The smallest absolute Gasteiger partial charge is 0.334 e. The molecule has 0 aliphatic rings. The highest BCUT2D eigenvalue weighted by Crippen LogP contribution is 2.34. The number of aromatic nitrogens is 1. The summed E-state index contributed by atoms with van der Waals surface area (Å²) in [5.74, 6) is 0.226. The summed E-state index contributed by atoms with van der Waals surface area (Å²) in [5, 5.41) is 17.9. The van der Waals surface area contributed by atoms with Crippen molar-refractivity contribution >= 4 is 33.1 Å². The van der Waals surface area contributed by atoms with Crippen LogP contribution in [-0.2, 0) is 13.1 Å². The quantitative estimate of drug-likeness (QED) is 0.325. The molecular weight excluding hydrogens is 396 g/mol. The number of hydrogen-bond acceptors (Lipinski definition) is 5. The zero-order valence-corrected chi connectivity index (χ0v) is 15.4. The molecule has 26 heavy (non-hydrogen) atoms. The summed E-state index contributed by atoms with van der Waals surface area (Å²) in [6, 6.07) is 21.0. The zero-order chi connectivity index (χ0) is 18.4. The molecule has 3 aromatic rings. The fraction of sp³-hybridized carbons (Fsp3) is 0.105. The Balaban J connectivity index is 1.84. The van der Waals surface area contributed by atoms with Gasteiger partial charge in [0.25, 0.3) is 0 Å². The third-order valence-corrected chi connectivity index (χ3v) is 4.18. The topological polar surface area (TPSA) is 80.1 Å². The second-order valence-corrected chi connectivity index (χ2v) is 6.44. The molecule has 0 fully saturated rings. The van der Waals surface area contributed by atoms with E-state index in [4.69, 9.17) is 0 Å². The van der Waals surface area contributed by atoms with Crippen molar-refractivity contribution in [2.45, 2.75) is 13.1 Å². The Kier molecular flexibility index (Phi) is 5.80. The molecule has 0 saturated carbocycles. The predicted octanol–water partition coefficient (Wildman–Crippen LogP) is 4.98. The normalized spacial score (nSPS) is 10.3.